The molecule has 0 aromatic rings. The summed E-state index contributed by atoms with van der Waals surface area (Å²) >= 11 is 0. The molecular weight excluding hydrogens is 230 g/mol. The summed E-state index contributed by atoms with van der Waals surface area (Å²) in [6.45, 7) is 7.17. The Labute approximate surface area is 109 Å². The molecule has 1 saturated heterocycles. The molecule has 5 nitrogen and oxygen atoms in total. The molecule has 1 saturated carbocycles. The highest BCUT2D eigenvalue weighted by Crippen LogP contribution is 2.20. The first-order valence-corrected chi connectivity index (χ1v) is 6.83. The van der Waals surface area contributed by atoms with Crippen LogP contribution in [0.4, 0.5) is 4.79 Å². The summed E-state index contributed by atoms with van der Waals surface area (Å²) in [6.07, 6.45) is 3.12. The van der Waals surface area contributed by atoms with Gasteiger partial charge in [-0.2, -0.15) is 0 Å². The van der Waals surface area contributed by atoms with Crippen LogP contribution in [-0.4, -0.2) is 47.8 Å². The molecule has 1 aliphatic heterocycles. The maximum atomic E-state index is 11.7. The number of ether oxygens (including phenoxy) is 1. The Morgan fingerprint density at radius 1 is 1.28 bits per heavy atom. The van der Waals surface area contributed by atoms with Gasteiger partial charge in [-0.3, -0.25) is 0 Å². The van der Waals surface area contributed by atoms with Gasteiger partial charge in [0.1, 0.15) is 5.60 Å². The number of nitrogens with two attached hydrogens (primary N) is 1. The standard InChI is InChI=1S/C13H25N3O2/c1-13(2,3)18-12(17)16-7-11(8-16)15-10-5-4-9(14)6-10/h9-11,15H,4-8,14H2,1-3H3. The van der Waals surface area contributed by atoms with Crippen molar-refractivity contribution in [1.82, 2.24) is 10.2 Å². The third-order valence-electron chi connectivity index (χ3n) is 3.48. The van der Waals surface area contributed by atoms with Crippen molar-refractivity contribution in [3.8, 4) is 0 Å². The van der Waals surface area contributed by atoms with Crippen LogP contribution in [0, 0.1) is 0 Å². The quantitative estimate of drug-likeness (QED) is 0.774. The van der Waals surface area contributed by atoms with E-state index in [1.165, 1.54) is 0 Å². The Hall–Kier alpha value is -0.810. The minimum Gasteiger partial charge on any atom is -0.444 e. The molecular formula is C13H25N3O2. The van der Waals surface area contributed by atoms with Gasteiger partial charge in [0.2, 0.25) is 0 Å². The molecule has 3 N–H and O–H groups in total. The van der Waals surface area contributed by atoms with Gasteiger partial charge in [0.05, 0.1) is 0 Å². The first-order valence-electron chi connectivity index (χ1n) is 6.83. The van der Waals surface area contributed by atoms with Crippen LogP contribution >= 0.6 is 0 Å². The predicted octanol–water partition coefficient (Wildman–Crippen LogP) is 1.08. The molecule has 0 bridgehead atoms. The van der Waals surface area contributed by atoms with Crippen molar-refractivity contribution in [3.63, 3.8) is 0 Å². The van der Waals surface area contributed by atoms with Gasteiger partial charge >= 0.3 is 6.09 Å². The number of likely N-dealkylation sites (tertiary alicyclic amines) is 1. The molecule has 2 fully saturated rings. The van der Waals surface area contributed by atoms with Gasteiger partial charge < -0.3 is 20.7 Å². The van der Waals surface area contributed by atoms with Crippen molar-refractivity contribution in [2.45, 2.75) is 63.8 Å². The molecule has 1 amide bonds. The topological polar surface area (TPSA) is 67.6 Å². The Morgan fingerprint density at radius 2 is 1.94 bits per heavy atom. The van der Waals surface area contributed by atoms with E-state index in [1.54, 1.807) is 4.90 Å². The summed E-state index contributed by atoms with van der Waals surface area (Å²) in [5.41, 5.74) is 5.47. The van der Waals surface area contributed by atoms with Crippen LogP contribution in [-0.2, 0) is 4.74 Å². The average molecular weight is 255 g/mol. The summed E-state index contributed by atoms with van der Waals surface area (Å²) in [5, 5.41) is 3.56. The fourth-order valence-electron chi connectivity index (χ4n) is 2.56. The molecule has 2 aliphatic rings. The van der Waals surface area contributed by atoms with E-state index >= 15 is 0 Å². The lowest BCUT2D eigenvalue weighted by Crippen LogP contribution is -2.62. The zero-order valence-electron chi connectivity index (χ0n) is 11.6. The van der Waals surface area contributed by atoms with Gasteiger partial charge in [0.25, 0.3) is 0 Å². The van der Waals surface area contributed by atoms with E-state index < -0.39 is 5.60 Å². The lowest BCUT2D eigenvalue weighted by atomic mass is 10.1. The fourth-order valence-corrected chi connectivity index (χ4v) is 2.56. The van der Waals surface area contributed by atoms with E-state index in [9.17, 15) is 4.79 Å². The second-order valence-electron chi connectivity index (χ2n) is 6.52. The van der Waals surface area contributed by atoms with E-state index in [2.05, 4.69) is 5.32 Å². The highest BCUT2D eigenvalue weighted by molar-refractivity contribution is 5.69. The van der Waals surface area contributed by atoms with Crippen molar-refractivity contribution in [3.05, 3.63) is 0 Å². The lowest BCUT2D eigenvalue weighted by Gasteiger charge is -2.41. The number of hydrogen-bond donors (Lipinski definition) is 2. The zero-order chi connectivity index (χ0) is 13.3. The number of nitrogens with zero attached hydrogens (tertiary/aromatic N) is 1. The molecule has 2 rings (SSSR count). The van der Waals surface area contributed by atoms with Gasteiger partial charge in [-0.1, -0.05) is 0 Å². The molecule has 0 aromatic heterocycles. The summed E-state index contributed by atoms with van der Waals surface area (Å²) in [5.74, 6) is 0. The maximum absolute atomic E-state index is 11.7. The minimum atomic E-state index is -0.409. The third-order valence-corrected chi connectivity index (χ3v) is 3.48. The highest BCUT2D eigenvalue weighted by atomic mass is 16.6. The number of amides is 1. The third kappa shape index (κ3) is 3.59. The van der Waals surface area contributed by atoms with E-state index in [-0.39, 0.29) is 6.09 Å². The first-order chi connectivity index (χ1) is 8.33. The first kappa shape index (κ1) is 13.6. The number of hydrogen-bond acceptors (Lipinski definition) is 4. The number of rotatable bonds is 2. The smallest absolute Gasteiger partial charge is 0.410 e. The Balaban J connectivity index is 1.66. The molecule has 1 aliphatic carbocycles. The summed E-state index contributed by atoms with van der Waals surface area (Å²) in [6, 6.07) is 1.29. The Morgan fingerprint density at radius 3 is 2.44 bits per heavy atom. The van der Waals surface area contributed by atoms with E-state index in [0.29, 0.717) is 18.1 Å². The van der Waals surface area contributed by atoms with Gasteiger partial charge in [-0.15, -0.1) is 0 Å². The van der Waals surface area contributed by atoms with Crippen LogP contribution in [0.2, 0.25) is 0 Å². The summed E-state index contributed by atoms with van der Waals surface area (Å²) in [4.78, 5) is 13.5. The van der Waals surface area contributed by atoms with Crippen molar-refractivity contribution in [2.75, 3.05) is 13.1 Å². The van der Waals surface area contributed by atoms with E-state index in [0.717, 1.165) is 32.4 Å². The predicted molar refractivity (Wildman–Crippen MR) is 70.3 cm³/mol. The van der Waals surface area contributed by atoms with Crippen molar-refractivity contribution < 1.29 is 9.53 Å². The van der Waals surface area contributed by atoms with Crippen LogP contribution in [0.5, 0.6) is 0 Å². The van der Waals surface area contributed by atoms with Gasteiger partial charge in [-0.25, -0.2) is 4.79 Å². The zero-order valence-corrected chi connectivity index (χ0v) is 11.6. The number of carbonyl (C=O) groups is 1. The highest BCUT2D eigenvalue weighted by Gasteiger charge is 2.35. The summed E-state index contributed by atoms with van der Waals surface area (Å²) in [7, 11) is 0. The van der Waals surface area contributed by atoms with Gasteiger partial charge in [0, 0.05) is 31.2 Å². The molecule has 0 spiro atoms. The van der Waals surface area contributed by atoms with Gasteiger partial charge in [-0.05, 0) is 40.0 Å². The Bertz CT molecular complexity index is 308. The van der Waals surface area contributed by atoms with E-state index in [4.69, 9.17) is 10.5 Å². The monoisotopic (exact) mass is 255 g/mol. The number of carbonyl (C=O) groups excluding carboxylic acids is 1. The minimum absolute atomic E-state index is 0.205. The molecule has 0 radical (unpaired) electrons. The second kappa shape index (κ2) is 5.05. The van der Waals surface area contributed by atoms with Crippen LogP contribution in [0.15, 0.2) is 0 Å². The normalized spacial score (nSPS) is 29.2. The van der Waals surface area contributed by atoms with Crippen LogP contribution < -0.4 is 11.1 Å². The molecule has 5 heteroatoms. The molecule has 18 heavy (non-hydrogen) atoms. The van der Waals surface area contributed by atoms with Crippen molar-refractivity contribution in [1.29, 1.82) is 0 Å². The molecule has 2 unspecified atom stereocenters. The second-order valence-corrected chi connectivity index (χ2v) is 6.52. The number of nitrogens with one attached hydrogen (secondary N) is 1. The summed E-state index contributed by atoms with van der Waals surface area (Å²) < 4.78 is 5.32. The molecule has 0 aromatic carbocycles. The average Bonchev–Trinajstić information content (AvgIpc) is 2.53. The van der Waals surface area contributed by atoms with Crippen LogP contribution in [0.1, 0.15) is 40.0 Å². The maximum Gasteiger partial charge on any atom is 0.410 e. The largest absolute Gasteiger partial charge is 0.444 e. The van der Waals surface area contributed by atoms with Gasteiger partial charge in [0.15, 0.2) is 0 Å². The molecule has 104 valence electrons. The van der Waals surface area contributed by atoms with Crippen LogP contribution in [0.25, 0.3) is 0 Å². The van der Waals surface area contributed by atoms with Crippen LogP contribution in [0.3, 0.4) is 0 Å². The Kier molecular flexibility index (Phi) is 3.82. The van der Waals surface area contributed by atoms with Crippen molar-refractivity contribution in [2.24, 2.45) is 5.73 Å². The fraction of sp³-hybridized carbons (Fsp3) is 0.923. The SMILES string of the molecule is CC(C)(C)OC(=O)N1CC(NC2CCC(N)C2)C1. The van der Waals surface area contributed by atoms with E-state index in [1.807, 2.05) is 20.8 Å². The molecule has 2 atom stereocenters. The molecule has 1 heterocycles. The lowest BCUT2D eigenvalue weighted by molar-refractivity contribution is 0.00421. The van der Waals surface area contributed by atoms with Crippen molar-refractivity contribution >= 4 is 6.09 Å².